The quantitative estimate of drug-likeness (QED) is 0.703. The molecule has 0 bridgehead atoms. The van der Waals surface area contributed by atoms with Gasteiger partial charge in [-0.2, -0.15) is 0 Å². The van der Waals surface area contributed by atoms with E-state index in [0.717, 1.165) is 29.9 Å². The third kappa shape index (κ3) is 3.03. The van der Waals surface area contributed by atoms with E-state index >= 15 is 0 Å². The Morgan fingerprint density at radius 1 is 1.05 bits per heavy atom. The molecule has 0 unspecified atom stereocenters. The molecule has 102 valence electrons. The van der Waals surface area contributed by atoms with Gasteiger partial charge in [0.05, 0.1) is 17.6 Å². The molecular formula is C16H17N3S. The lowest BCUT2D eigenvalue weighted by Crippen LogP contribution is -2.13. The highest BCUT2D eigenvalue weighted by Gasteiger charge is 2.01. The summed E-state index contributed by atoms with van der Waals surface area (Å²) in [5, 5.41) is 3.42. The Hall–Kier alpha value is -1.78. The zero-order valence-electron chi connectivity index (χ0n) is 11.4. The van der Waals surface area contributed by atoms with Gasteiger partial charge in [0.1, 0.15) is 5.82 Å². The fourth-order valence-corrected chi connectivity index (χ4v) is 2.57. The van der Waals surface area contributed by atoms with Crippen LogP contribution in [-0.4, -0.2) is 16.2 Å². The molecule has 0 saturated carbocycles. The molecule has 2 N–H and O–H groups in total. The molecule has 0 aliphatic rings. The summed E-state index contributed by atoms with van der Waals surface area (Å²) in [6.07, 6.45) is 2.09. The van der Waals surface area contributed by atoms with Gasteiger partial charge in [-0.25, -0.2) is 4.98 Å². The summed E-state index contributed by atoms with van der Waals surface area (Å²) in [6, 6.07) is 16.7. The molecule has 2 aromatic carbocycles. The Morgan fingerprint density at radius 3 is 2.60 bits per heavy atom. The van der Waals surface area contributed by atoms with Crippen LogP contribution >= 0.6 is 11.8 Å². The molecule has 0 aliphatic heterocycles. The van der Waals surface area contributed by atoms with Crippen molar-refractivity contribution >= 4 is 22.8 Å². The first kappa shape index (κ1) is 13.2. The van der Waals surface area contributed by atoms with Gasteiger partial charge in [0.25, 0.3) is 0 Å². The maximum atomic E-state index is 4.55. The molecule has 0 amide bonds. The molecule has 0 saturated heterocycles. The number of aromatic amines is 1. The van der Waals surface area contributed by atoms with Crippen LogP contribution in [0.15, 0.2) is 53.4 Å². The number of fused-ring (bicyclic) bond motifs is 1. The van der Waals surface area contributed by atoms with Gasteiger partial charge < -0.3 is 10.3 Å². The van der Waals surface area contributed by atoms with Crippen LogP contribution in [0, 0.1) is 0 Å². The number of imidazole rings is 1. The topological polar surface area (TPSA) is 40.7 Å². The summed E-state index contributed by atoms with van der Waals surface area (Å²) in [5.41, 5.74) is 3.40. The summed E-state index contributed by atoms with van der Waals surface area (Å²) in [6.45, 7) is 1.60. The predicted octanol–water partition coefficient (Wildman–Crippen LogP) is 3.57. The van der Waals surface area contributed by atoms with Crippen molar-refractivity contribution in [2.45, 2.75) is 18.0 Å². The average molecular weight is 283 g/mol. The van der Waals surface area contributed by atoms with Crippen LogP contribution in [0.2, 0.25) is 0 Å². The monoisotopic (exact) mass is 283 g/mol. The van der Waals surface area contributed by atoms with Crippen LogP contribution in [0.3, 0.4) is 0 Å². The summed E-state index contributed by atoms with van der Waals surface area (Å²) in [4.78, 5) is 9.17. The number of benzene rings is 2. The van der Waals surface area contributed by atoms with Crippen molar-refractivity contribution in [3.05, 3.63) is 59.9 Å². The first-order valence-corrected chi connectivity index (χ1v) is 7.85. The third-order valence-electron chi connectivity index (χ3n) is 3.22. The zero-order valence-corrected chi connectivity index (χ0v) is 12.2. The molecule has 3 rings (SSSR count). The number of aromatic nitrogens is 2. The molecule has 0 spiro atoms. The lowest BCUT2D eigenvalue weighted by molar-refractivity contribution is 0.670. The minimum absolute atomic E-state index is 0.749. The van der Waals surface area contributed by atoms with Crippen molar-refractivity contribution in [1.82, 2.24) is 15.3 Å². The van der Waals surface area contributed by atoms with Gasteiger partial charge >= 0.3 is 0 Å². The van der Waals surface area contributed by atoms with Crippen LogP contribution in [-0.2, 0) is 13.1 Å². The van der Waals surface area contributed by atoms with E-state index < -0.39 is 0 Å². The van der Waals surface area contributed by atoms with Gasteiger partial charge in [0, 0.05) is 11.4 Å². The van der Waals surface area contributed by atoms with E-state index in [1.54, 1.807) is 11.8 Å². The molecule has 3 aromatic rings. The van der Waals surface area contributed by atoms with E-state index in [1.807, 2.05) is 24.3 Å². The summed E-state index contributed by atoms with van der Waals surface area (Å²) >= 11 is 1.77. The third-order valence-corrected chi connectivity index (χ3v) is 3.96. The molecular weight excluding hydrogens is 266 g/mol. The molecule has 0 atom stereocenters. The number of nitrogens with one attached hydrogen (secondary N) is 2. The maximum absolute atomic E-state index is 4.55. The molecule has 0 radical (unpaired) electrons. The van der Waals surface area contributed by atoms with E-state index in [9.17, 15) is 0 Å². The van der Waals surface area contributed by atoms with Crippen molar-refractivity contribution in [2.75, 3.05) is 6.26 Å². The highest BCUT2D eigenvalue weighted by molar-refractivity contribution is 7.98. The van der Waals surface area contributed by atoms with Crippen molar-refractivity contribution in [2.24, 2.45) is 0 Å². The number of thioether (sulfide) groups is 1. The standard InChI is InChI=1S/C16H17N3S/c1-20-13-8-6-12(7-9-13)10-17-11-16-18-14-4-2-3-5-15(14)19-16/h2-9,17H,10-11H2,1H3,(H,18,19). The van der Waals surface area contributed by atoms with Crippen LogP contribution in [0.4, 0.5) is 0 Å². The van der Waals surface area contributed by atoms with E-state index in [4.69, 9.17) is 0 Å². The van der Waals surface area contributed by atoms with Crippen LogP contribution in [0.5, 0.6) is 0 Å². The number of hydrogen-bond acceptors (Lipinski definition) is 3. The van der Waals surface area contributed by atoms with E-state index in [2.05, 4.69) is 45.8 Å². The number of nitrogens with zero attached hydrogens (tertiary/aromatic N) is 1. The first-order chi connectivity index (χ1) is 9.85. The van der Waals surface area contributed by atoms with Crippen molar-refractivity contribution in [3.8, 4) is 0 Å². The predicted molar refractivity (Wildman–Crippen MR) is 84.9 cm³/mol. The van der Waals surface area contributed by atoms with E-state index in [-0.39, 0.29) is 0 Å². The Labute approximate surface area is 122 Å². The Morgan fingerprint density at radius 2 is 1.85 bits per heavy atom. The summed E-state index contributed by atoms with van der Waals surface area (Å²) in [7, 11) is 0. The zero-order chi connectivity index (χ0) is 13.8. The van der Waals surface area contributed by atoms with Crippen LogP contribution < -0.4 is 5.32 Å². The van der Waals surface area contributed by atoms with Crippen LogP contribution in [0.1, 0.15) is 11.4 Å². The Bertz CT molecular complexity index is 655. The average Bonchev–Trinajstić information content (AvgIpc) is 2.90. The summed E-state index contributed by atoms with van der Waals surface area (Å²) < 4.78 is 0. The molecule has 0 fully saturated rings. The van der Waals surface area contributed by atoms with Gasteiger partial charge in [0.15, 0.2) is 0 Å². The van der Waals surface area contributed by atoms with Crippen molar-refractivity contribution in [3.63, 3.8) is 0 Å². The van der Waals surface area contributed by atoms with Gasteiger partial charge in [0.2, 0.25) is 0 Å². The first-order valence-electron chi connectivity index (χ1n) is 6.62. The summed E-state index contributed by atoms with van der Waals surface area (Å²) in [5.74, 6) is 0.979. The molecule has 4 heteroatoms. The Balaban J connectivity index is 1.58. The normalized spacial score (nSPS) is 11.1. The second-order valence-corrected chi connectivity index (χ2v) is 5.53. The van der Waals surface area contributed by atoms with E-state index in [0.29, 0.717) is 0 Å². The number of para-hydroxylation sites is 2. The lowest BCUT2D eigenvalue weighted by Gasteiger charge is -2.04. The second kappa shape index (κ2) is 6.11. The van der Waals surface area contributed by atoms with Crippen molar-refractivity contribution in [1.29, 1.82) is 0 Å². The van der Waals surface area contributed by atoms with Gasteiger partial charge in [-0.05, 0) is 36.1 Å². The number of H-pyrrole nitrogens is 1. The highest BCUT2D eigenvalue weighted by atomic mass is 32.2. The number of rotatable bonds is 5. The van der Waals surface area contributed by atoms with Gasteiger partial charge in [-0.1, -0.05) is 24.3 Å². The van der Waals surface area contributed by atoms with Crippen molar-refractivity contribution < 1.29 is 0 Å². The maximum Gasteiger partial charge on any atom is 0.121 e. The second-order valence-electron chi connectivity index (χ2n) is 4.65. The van der Waals surface area contributed by atoms with E-state index in [1.165, 1.54) is 10.5 Å². The smallest absolute Gasteiger partial charge is 0.121 e. The fourth-order valence-electron chi connectivity index (χ4n) is 2.16. The molecule has 3 nitrogen and oxygen atoms in total. The van der Waals surface area contributed by atoms with Crippen LogP contribution in [0.25, 0.3) is 11.0 Å². The molecule has 20 heavy (non-hydrogen) atoms. The minimum atomic E-state index is 0.749. The van der Waals surface area contributed by atoms with Gasteiger partial charge in [-0.15, -0.1) is 11.8 Å². The SMILES string of the molecule is CSc1ccc(CNCc2nc3ccccc3[nH]2)cc1. The largest absolute Gasteiger partial charge is 0.341 e. The molecule has 0 aliphatic carbocycles. The number of hydrogen-bond donors (Lipinski definition) is 2. The molecule has 1 aromatic heterocycles. The lowest BCUT2D eigenvalue weighted by atomic mass is 10.2. The highest BCUT2D eigenvalue weighted by Crippen LogP contribution is 2.15. The van der Waals surface area contributed by atoms with Gasteiger partial charge in [-0.3, -0.25) is 0 Å². The Kier molecular flexibility index (Phi) is 4.04. The fraction of sp³-hybridized carbons (Fsp3) is 0.188. The molecule has 1 heterocycles. The minimum Gasteiger partial charge on any atom is -0.341 e.